The Morgan fingerprint density at radius 3 is 2.55 bits per heavy atom. The number of likely N-dealkylation sites (tertiary alicyclic amines) is 1. The number of nitrogens with one attached hydrogen (secondary N) is 1. The first-order valence-electron chi connectivity index (χ1n) is 6.79. The van der Waals surface area contributed by atoms with Crippen molar-refractivity contribution in [2.75, 3.05) is 13.1 Å². The van der Waals surface area contributed by atoms with Crippen molar-refractivity contribution in [2.45, 2.75) is 43.4 Å². The van der Waals surface area contributed by atoms with E-state index in [1.165, 1.54) is 11.3 Å². The number of aryl methyl sites for hydroxylation is 1. The van der Waals surface area contributed by atoms with Crippen LogP contribution in [0, 0.1) is 0 Å². The fourth-order valence-corrected chi connectivity index (χ4v) is 4.90. The molecule has 0 saturated carbocycles. The van der Waals surface area contributed by atoms with Gasteiger partial charge in [0, 0.05) is 30.9 Å². The summed E-state index contributed by atoms with van der Waals surface area (Å²) in [6, 6.07) is 3.44. The molecule has 0 aromatic carbocycles. The van der Waals surface area contributed by atoms with E-state index in [0.717, 1.165) is 11.3 Å². The van der Waals surface area contributed by atoms with Crippen molar-refractivity contribution in [3.05, 3.63) is 17.0 Å². The zero-order valence-electron chi connectivity index (χ0n) is 11.8. The lowest BCUT2D eigenvalue weighted by atomic mass is 10.1. The lowest BCUT2D eigenvalue weighted by molar-refractivity contribution is -0.129. The first kappa shape index (κ1) is 15.5. The second-order valence-corrected chi connectivity index (χ2v) is 8.09. The van der Waals surface area contributed by atoms with Crippen LogP contribution in [0.3, 0.4) is 0 Å². The lowest BCUT2D eigenvalue weighted by Gasteiger charge is -2.31. The number of hydrogen-bond acceptors (Lipinski definition) is 4. The third kappa shape index (κ3) is 3.59. The third-order valence-corrected chi connectivity index (χ3v) is 6.75. The maximum Gasteiger partial charge on any atom is 0.250 e. The molecule has 5 nitrogen and oxygen atoms in total. The Balaban J connectivity index is 1.98. The smallest absolute Gasteiger partial charge is 0.250 e. The minimum absolute atomic E-state index is 0.0529. The Bertz CT molecular complexity index is 572. The van der Waals surface area contributed by atoms with Gasteiger partial charge in [-0.1, -0.05) is 6.92 Å². The van der Waals surface area contributed by atoms with E-state index in [0.29, 0.717) is 30.1 Å². The fraction of sp³-hybridized carbons (Fsp3) is 0.615. The van der Waals surface area contributed by atoms with E-state index in [-0.39, 0.29) is 11.9 Å². The highest BCUT2D eigenvalue weighted by atomic mass is 32.2. The molecule has 0 atom stereocenters. The Morgan fingerprint density at radius 1 is 1.40 bits per heavy atom. The summed E-state index contributed by atoms with van der Waals surface area (Å²) in [5.74, 6) is 0.0529. The van der Waals surface area contributed by atoms with E-state index in [4.69, 9.17) is 0 Å². The SMILES string of the molecule is CCc1ccc(S(=O)(=O)NC2CCN(C(C)=O)CC2)s1. The first-order valence-corrected chi connectivity index (χ1v) is 9.09. The van der Waals surface area contributed by atoms with Crippen molar-refractivity contribution in [1.29, 1.82) is 0 Å². The molecule has 2 heterocycles. The number of thiophene rings is 1. The minimum Gasteiger partial charge on any atom is -0.343 e. The van der Waals surface area contributed by atoms with Gasteiger partial charge in [-0.15, -0.1) is 11.3 Å². The summed E-state index contributed by atoms with van der Waals surface area (Å²) in [7, 11) is -3.42. The predicted molar refractivity (Wildman–Crippen MR) is 79.3 cm³/mol. The third-order valence-electron chi connectivity index (χ3n) is 3.51. The van der Waals surface area contributed by atoms with Gasteiger partial charge in [0.05, 0.1) is 0 Å². The molecule has 0 spiro atoms. The maximum absolute atomic E-state index is 12.3. The first-order chi connectivity index (χ1) is 9.42. The summed E-state index contributed by atoms with van der Waals surface area (Å²) in [4.78, 5) is 14.1. The molecule has 0 unspecified atom stereocenters. The molecular weight excluding hydrogens is 296 g/mol. The quantitative estimate of drug-likeness (QED) is 0.917. The molecule has 1 N–H and O–H groups in total. The highest BCUT2D eigenvalue weighted by Crippen LogP contribution is 2.23. The summed E-state index contributed by atoms with van der Waals surface area (Å²) >= 11 is 1.32. The molecule has 20 heavy (non-hydrogen) atoms. The van der Waals surface area contributed by atoms with Gasteiger partial charge in [0.15, 0.2) is 0 Å². The minimum atomic E-state index is -3.42. The Kier molecular flexibility index (Phi) is 4.82. The van der Waals surface area contributed by atoms with Gasteiger partial charge in [-0.3, -0.25) is 4.79 Å². The number of hydrogen-bond donors (Lipinski definition) is 1. The Hall–Kier alpha value is -0.920. The Morgan fingerprint density at radius 2 is 2.05 bits per heavy atom. The van der Waals surface area contributed by atoms with Crippen LogP contribution in [0.1, 0.15) is 31.6 Å². The molecule has 2 rings (SSSR count). The zero-order valence-corrected chi connectivity index (χ0v) is 13.4. The number of sulfonamides is 1. The number of rotatable bonds is 4. The highest BCUT2D eigenvalue weighted by Gasteiger charge is 2.26. The van der Waals surface area contributed by atoms with Gasteiger partial charge in [0.25, 0.3) is 0 Å². The van der Waals surface area contributed by atoms with E-state index in [9.17, 15) is 13.2 Å². The summed E-state index contributed by atoms with van der Waals surface area (Å²) in [6.07, 6.45) is 2.19. The van der Waals surface area contributed by atoms with Crippen LogP contribution >= 0.6 is 11.3 Å². The van der Waals surface area contributed by atoms with Crippen molar-refractivity contribution in [3.8, 4) is 0 Å². The topological polar surface area (TPSA) is 66.5 Å². The average Bonchev–Trinajstić information content (AvgIpc) is 2.88. The molecule has 1 saturated heterocycles. The van der Waals surface area contributed by atoms with Crippen molar-refractivity contribution in [3.63, 3.8) is 0 Å². The van der Waals surface area contributed by atoms with E-state index in [1.54, 1.807) is 17.9 Å². The van der Waals surface area contributed by atoms with E-state index in [2.05, 4.69) is 4.72 Å². The van der Waals surface area contributed by atoms with Crippen LogP contribution in [0.2, 0.25) is 0 Å². The number of nitrogens with zero attached hydrogens (tertiary/aromatic N) is 1. The molecule has 112 valence electrons. The second-order valence-electron chi connectivity index (χ2n) is 4.98. The maximum atomic E-state index is 12.3. The van der Waals surface area contributed by atoms with Gasteiger partial charge in [0.2, 0.25) is 15.9 Å². The standard InChI is InChI=1S/C13H20N2O3S2/c1-3-12-4-5-13(19-12)20(17,18)14-11-6-8-15(9-7-11)10(2)16/h4-5,11,14H,3,6-9H2,1-2H3. The van der Waals surface area contributed by atoms with Crippen molar-refractivity contribution < 1.29 is 13.2 Å². The molecule has 7 heteroatoms. The van der Waals surface area contributed by atoms with Crippen molar-refractivity contribution in [2.24, 2.45) is 0 Å². The summed E-state index contributed by atoms with van der Waals surface area (Å²) in [6.45, 7) is 4.79. The molecular formula is C13H20N2O3S2. The van der Waals surface area contributed by atoms with Gasteiger partial charge in [-0.2, -0.15) is 0 Å². The van der Waals surface area contributed by atoms with Crippen LogP contribution in [-0.4, -0.2) is 38.4 Å². The van der Waals surface area contributed by atoms with E-state index < -0.39 is 10.0 Å². The molecule has 0 aliphatic carbocycles. The molecule has 1 fully saturated rings. The normalized spacial score (nSPS) is 17.4. The van der Waals surface area contributed by atoms with E-state index in [1.807, 2.05) is 13.0 Å². The van der Waals surface area contributed by atoms with Crippen LogP contribution in [-0.2, 0) is 21.2 Å². The van der Waals surface area contributed by atoms with E-state index >= 15 is 0 Å². The van der Waals surface area contributed by atoms with Crippen molar-refractivity contribution >= 4 is 27.3 Å². The monoisotopic (exact) mass is 316 g/mol. The molecule has 1 aromatic heterocycles. The van der Waals surface area contributed by atoms with Gasteiger partial charge in [-0.05, 0) is 31.4 Å². The zero-order chi connectivity index (χ0) is 14.8. The number of amides is 1. The summed E-state index contributed by atoms with van der Waals surface area (Å²) in [5.41, 5.74) is 0. The number of carbonyl (C=O) groups excluding carboxylic acids is 1. The Labute approximate surface area is 124 Å². The number of carbonyl (C=O) groups is 1. The van der Waals surface area contributed by atoms with Crippen LogP contribution in [0.4, 0.5) is 0 Å². The summed E-state index contributed by atoms with van der Waals surface area (Å²) < 4.78 is 27.7. The molecule has 0 radical (unpaired) electrons. The summed E-state index contributed by atoms with van der Waals surface area (Å²) in [5, 5.41) is 0. The largest absolute Gasteiger partial charge is 0.343 e. The van der Waals surface area contributed by atoms with Crippen LogP contribution in [0.5, 0.6) is 0 Å². The van der Waals surface area contributed by atoms with Gasteiger partial charge in [-0.25, -0.2) is 13.1 Å². The predicted octanol–water partition coefficient (Wildman–Crippen LogP) is 1.60. The highest BCUT2D eigenvalue weighted by molar-refractivity contribution is 7.91. The molecule has 0 bridgehead atoms. The lowest BCUT2D eigenvalue weighted by Crippen LogP contribution is -2.45. The molecule has 1 aliphatic heterocycles. The van der Waals surface area contributed by atoms with Crippen LogP contribution in [0.25, 0.3) is 0 Å². The van der Waals surface area contributed by atoms with Crippen LogP contribution < -0.4 is 4.72 Å². The van der Waals surface area contributed by atoms with Crippen molar-refractivity contribution in [1.82, 2.24) is 9.62 Å². The van der Waals surface area contributed by atoms with Gasteiger partial charge in [0.1, 0.15) is 4.21 Å². The molecule has 1 amide bonds. The van der Waals surface area contributed by atoms with Crippen LogP contribution in [0.15, 0.2) is 16.3 Å². The number of piperidine rings is 1. The fourth-order valence-electron chi connectivity index (χ4n) is 2.28. The average molecular weight is 316 g/mol. The molecule has 1 aromatic rings. The second kappa shape index (κ2) is 6.24. The van der Waals surface area contributed by atoms with Gasteiger partial charge >= 0.3 is 0 Å². The molecule has 1 aliphatic rings. The van der Waals surface area contributed by atoms with Gasteiger partial charge < -0.3 is 4.90 Å².